The second kappa shape index (κ2) is 2.96. The van der Waals surface area contributed by atoms with Gasteiger partial charge in [0.1, 0.15) is 0 Å². The van der Waals surface area contributed by atoms with Crippen molar-refractivity contribution in [2.75, 3.05) is 0 Å². The smallest absolute Gasteiger partial charge is 0.0358 e. The van der Waals surface area contributed by atoms with Crippen LogP contribution in [0.3, 0.4) is 0 Å². The molecule has 0 saturated carbocycles. The summed E-state index contributed by atoms with van der Waals surface area (Å²) in [5, 5.41) is 2.89. The van der Waals surface area contributed by atoms with Crippen molar-refractivity contribution in [3.63, 3.8) is 0 Å². The average molecular weight is 222 g/mol. The number of benzene rings is 2. The van der Waals surface area contributed by atoms with Gasteiger partial charge in [-0.1, -0.05) is 36.4 Å². The van der Waals surface area contributed by atoms with Crippen LogP contribution < -0.4 is 0 Å². The largest absolute Gasteiger partial charge is 0.135 e. The molecule has 1 aliphatic rings. The Labute approximate surface area is 97.8 Å². The molecule has 4 rings (SSSR count). The van der Waals surface area contributed by atoms with Gasteiger partial charge in [0.2, 0.25) is 0 Å². The van der Waals surface area contributed by atoms with E-state index in [0.29, 0.717) is 0 Å². The molecule has 1 aliphatic carbocycles. The van der Waals surface area contributed by atoms with Crippen LogP contribution in [0, 0.1) is 0 Å². The van der Waals surface area contributed by atoms with Gasteiger partial charge in [0.15, 0.2) is 0 Å². The van der Waals surface area contributed by atoms with E-state index < -0.39 is 0 Å². The normalized spacial score (nSPS) is 13.8. The maximum absolute atomic E-state index is 2.26. The summed E-state index contributed by atoms with van der Waals surface area (Å²) in [4.78, 5) is 0. The highest BCUT2D eigenvalue weighted by molar-refractivity contribution is 7.25. The molecule has 0 radical (unpaired) electrons. The molecule has 1 aromatic heterocycles. The van der Waals surface area contributed by atoms with E-state index in [1.165, 1.54) is 31.3 Å². The Morgan fingerprint density at radius 2 is 1.88 bits per heavy atom. The minimum Gasteiger partial charge on any atom is -0.135 e. The van der Waals surface area contributed by atoms with E-state index in [9.17, 15) is 0 Å². The SMILES string of the molecule is C1=Cc2ccc3sc4ccccc4c3c2C1. The minimum atomic E-state index is 1.09. The van der Waals surface area contributed by atoms with E-state index in [1.807, 2.05) is 11.3 Å². The molecule has 0 saturated heterocycles. The molecule has 0 amide bonds. The first-order chi connectivity index (χ1) is 7.93. The molecular weight excluding hydrogens is 212 g/mol. The zero-order valence-corrected chi connectivity index (χ0v) is 9.55. The van der Waals surface area contributed by atoms with Crippen molar-refractivity contribution in [3.8, 4) is 0 Å². The number of thiophene rings is 1. The predicted octanol–water partition coefficient (Wildman–Crippen LogP) is 4.62. The molecule has 0 aliphatic heterocycles. The number of hydrogen-bond donors (Lipinski definition) is 0. The summed E-state index contributed by atoms with van der Waals surface area (Å²) in [6, 6.07) is 13.2. The summed E-state index contributed by atoms with van der Waals surface area (Å²) < 4.78 is 2.82. The van der Waals surface area contributed by atoms with E-state index in [0.717, 1.165) is 6.42 Å². The van der Waals surface area contributed by atoms with E-state index >= 15 is 0 Å². The van der Waals surface area contributed by atoms with Crippen molar-refractivity contribution in [2.24, 2.45) is 0 Å². The molecule has 0 bridgehead atoms. The maximum Gasteiger partial charge on any atom is 0.0358 e. The van der Waals surface area contributed by atoms with Gasteiger partial charge in [0.05, 0.1) is 0 Å². The summed E-state index contributed by atoms with van der Waals surface area (Å²) in [5.74, 6) is 0. The first-order valence-electron chi connectivity index (χ1n) is 5.53. The number of fused-ring (bicyclic) bond motifs is 5. The lowest BCUT2D eigenvalue weighted by atomic mass is 10.0. The van der Waals surface area contributed by atoms with Crippen LogP contribution in [0.2, 0.25) is 0 Å². The maximum atomic E-state index is 2.26. The molecule has 0 N–H and O–H groups in total. The van der Waals surface area contributed by atoms with Crippen molar-refractivity contribution in [3.05, 3.63) is 53.6 Å². The molecule has 1 heteroatoms. The fourth-order valence-corrected chi connectivity index (χ4v) is 3.72. The van der Waals surface area contributed by atoms with Gasteiger partial charge in [-0.25, -0.2) is 0 Å². The van der Waals surface area contributed by atoms with Gasteiger partial charge < -0.3 is 0 Å². The van der Waals surface area contributed by atoms with E-state index in [4.69, 9.17) is 0 Å². The third-order valence-corrected chi connectivity index (χ3v) is 4.44. The summed E-state index contributed by atoms with van der Waals surface area (Å²) in [6.45, 7) is 0. The second-order valence-corrected chi connectivity index (χ2v) is 5.29. The van der Waals surface area contributed by atoms with Gasteiger partial charge in [-0.3, -0.25) is 0 Å². The Morgan fingerprint density at radius 3 is 2.88 bits per heavy atom. The lowest BCUT2D eigenvalue weighted by Gasteiger charge is -2.01. The van der Waals surface area contributed by atoms with Gasteiger partial charge in [-0.15, -0.1) is 11.3 Å². The zero-order chi connectivity index (χ0) is 10.5. The first kappa shape index (κ1) is 8.54. The van der Waals surface area contributed by atoms with Gasteiger partial charge in [0.25, 0.3) is 0 Å². The highest BCUT2D eigenvalue weighted by Crippen LogP contribution is 2.39. The molecule has 3 aromatic rings. The third kappa shape index (κ3) is 0.987. The fourth-order valence-electron chi connectivity index (χ4n) is 2.58. The minimum absolute atomic E-state index is 1.09. The molecular formula is C15H10S. The van der Waals surface area contributed by atoms with Crippen molar-refractivity contribution in [1.82, 2.24) is 0 Å². The van der Waals surface area contributed by atoms with Gasteiger partial charge in [0, 0.05) is 20.2 Å². The van der Waals surface area contributed by atoms with Crippen LogP contribution in [-0.2, 0) is 6.42 Å². The van der Waals surface area contributed by atoms with Crippen LogP contribution in [-0.4, -0.2) is 0 Å². The molecule has 0 nitrogen and oxygen atoms in total. The van der Waals surface area contributed by atoms with Crippen LogP contribution >= 0.6 is 11.3 Å². The van der Waals surface area contributed by atoms with Gasteiger partial charge in [-0.05, 0) is 29.7 Å². The Bertz CT molecular complexity index is 732. The zero-order valence-electron chi connectivity index (χ0n) is 8.73. The molecule has 16 heavy (non-hydrogen) atoms. The van der Waals surface area contributed by atoms with Gasteiger partial charge >= 0.3 is 0 Å². The molecule has 0 atom stereocenters. The van der Waals surface area contributed by atoms with Crippen molar-refractivity contribution in [2.45, 2.75) is 6.42 Å². The highest BCUT2D eigenvalue weighted by Gasteiger charge is 2.13. The molecule has 0 unspecified atom stereocenters. The number of rotatable bonds is 0. The van der Waals surface area contributed by atoms with Crippen LogP contribution in [0.25, 0.3) is 26.2 Å². The highest BCUT2D eigenvalue weighted by atomic mass is 32.1. The monoisotopic (exact) mass is 222 g/mol. The van der Waals surface area contributed by atoms with Crippen LogP contribution in [0.4, 0.5) is 0 Å². The summed E-state index contributed by atoms with van der Waals surface area (Å²) in [6.07, 6.45) is 5.59. The fraction of sp³-hybridized carbons (Fsp3) is 0.0667. The quantitative estimate of drug-likeness (QED) is 0.520. The third-order valence-electron chi connectivity index (χ3n) is 3.31. The summed E-state index contributed by atoms with van der Waals surface area (Å²) in [5.41, 5.74) is 2.91. The lowest BCUT2D eigenvalue weighted by Crippen LogP contribution is -1.81. The number of allylic oxidation sites excluding steroid dienone is 1. The van der Waals surface area contributed by atoms with E-state index in [-0.39, 0.29) is 0 Å². The van der Waals surface area contributed by atoms with Crippen LogP contribution in [0.1, 0.15) is 11.1 Å². The summed E-state index contributed by atoms with van der Waals surface area (Å²) >= 11 is 1.90. The Kier molecular flexibility index (Phi) is 1.58. The van der Waals surface area contributed by atoms with Crippen molar-refractivity contribution < 1.29 is 0 Å². The van der Waals surface area contributed by atoms with Gasteiger partial charge in [-0.2, -0.15) is 0 Å². The first-order valence-corrected chi connectivity index (χ1v) is 6.35. The Balaban J connectivity index is 2.29. The summed E-state index contributed by atoms with van der Waals surface area (Å²) in [7, 11) is 0. The van der Waals surface area contributed by atoms with Crippen LogP contribution in [0.5, 0.6) is 0 Å². The Hall–Kier alpha value is -1.60. The number of hydrogen-bond acceptors (Lipinski definition) is 1. The Morgan fingerprint density at radius 1 is 0.938 bits per heavy atom. The second-order valence-electron chi connectivity index (χ2n) is 4.21. The molecule has 1 heterocycles. The molecule has 0 spiro atoms. The average Bonchev–Trinajstić information content (AvgIpc) is 2.91. The standard InChI is InChI=1S/C15H10S/c1-2-7-13-12(5-1)15-11-6-3-4-10(11)8-9-14(15)16-13/h1-5,7-9H,6H2. The van der Waals surface area contributed by atoms with E-state index in [1.54, 1.807) is 0 Å². The molecule has 2 aromatic carbocycles. The van der Waals surface area contributed by atoms with Crippen molar-refractivity contribution >= 4 is 37.6 Å². The topological polar surface area (TPSA) is 0 Å². The predicted molar refractivity (Wildman–Crippen MR) is 72.1 cm³/mol. The molecule has 0 fully saturated rings. The van der Waals surface area contributed by atoms with Crippen molar-refractivity contribution in [1.29, 1.82) is 0 Å². The van der Waals surface area contributed by atoms with Crippen LogP contribution in [0.15, 0.2) is 42.5 Å². The molecule has 76 valence electrons. The lowest BCUT2D eigenvalue weighted by molar-refractivity contribution is 1.35. The van der Waals surface area contributed by atoms with E-state index in [2.05, 4.69) is 48.6 Å².